The van der Waals surface area contributed by atoms with Crippen molar-refractivity contribution in [2.45, 2.75) is 52.0 Å². The Morgan fingerprint density at radius 2 is 1.92 bits per heavy atom. The average molecular weight is 504 g/mol. The predicted octanol–water partition coefficient (Wildman–Crippen LogP) is 5.18. The molecule has 0 amide bonds. The molecular weight excluding hydrogens is 471 g/mol. The van der Waals surface area contributed by atoms with E-state index in [1.807, 2.05) is 6.07 Å². The number of aromatic nitrogens is 2. The maximum absolute atomic E-state index is 10.6. The second kappa shape index (κ2) is 11.9. The highest BCUT2D eigenvalue weighted by atomic mass is 19.4. The van der Waals surface area contributed by atoms with Gasteiger partial charge in [-0.3, -0.25) is 0 Å². The van der Waals surface area contributed by atoms with Gasteiger partial charge >= 0.3 is 12.1 Å². The number of aliphatic carboxylic acids is 1. The van der Waals surface area contributed by atoms with Crippen molar-refractivity contribution >= 4 is 28.6 Å². The summed E-state index contributed by atoms with van der Waals surface area (Å²) in [6, 6.07) is 17.2. The number of hydrogen-bond acceptors (Lipinski definition) is 5. The molecule has 0 spiro atoms. The van der Waals surface area contributed by atoms with E-state index in [0.29, 0.717) is 0 Å². The summed E-state index contributed by atoms with van der Waals surface area (Å²) >= 11 is 0. The first kappa shape index (κ1) is 27.1. The van der Waals surface area contributed by atoms with E-state index in [1.54, 1.807) is 0 Å². The summed E-state index contributed by atoms with van der Waals surface area (Å²) in [5.41, 5.74) is 12.1. The molecule has 36 heavy (non-hydrogen) atoms. The molecule has 4 rings (SSSR count). The summed E-state index contributed by atoms with van der Waals surface area (Å²) < 4.78 is 34.1. The third-order valence-corrected chi connectivity index (χ3v) is 5.73. The molecule has 194 valence electrons. The maximum atomic E-state index is 10.6. The van der Waals surface area contributed by atoms with Crippen molar-refractivity contribution in [2.24, 2.45) is 5.73 Å². The van der Waals surface area contributed by atoms with Crippen LogP contribution in [0, 0.1) is 0 Å². The van der Waals surface area contributed by atoms with Gasteiger partial charge in [-0.15, -0.1) is 0 Å². The maximum Gasteiger partial charge on any atom is 0.490 e. The van der Waals surface area contributed by atoms with Crippen LogP contribution in [0.1, 0.15) is 32.3 Å². The zero-order valence-electron chi connectivity index (χ0n) is 20.4. The topological polar surface area (TPSA) is 96.4 Å². The number of alkyl halides is 3. The van der Waals surface area contributed by atoms with Gasteiger partial charge in [-0.25, -0.2) is 9.78 Å². The van der Waals surface area contributed by atoms with Crippen LogP contribution in [-0.2, 0) is 17.9 Å². The van der Waals surface area contributed by atoms with Crippen LogP contribution in [0.4, 0.5) is 24.8 Å². The van der Waals surface area contributed by atoms with Gasteiger partial charge in [0.05, 0.1) is 11.0 Å². The number of carboxylic acids is 1. The zero-order chi connectivity index (χ0) is 26.3. The highest BCUT2D eigenvalue weighted by molar-refractivity contribution is 5.82. The van der Waals surface area contributed by atoms with Crippen molar-refractivity contribution in [3.05, 3.63) is 65.7 Å². The van der Waals surface area contributed by atoms with Gasteiger partial charge in [0.25, 0.3) is 0 Å². The number of piperidine rings is 1. The largest absolute Gasteiger partial charge is 0.490 e. The quantitative estimate of drug-likeness (QED) is 0.402. The highest BCUT2D eigenvalue weighted by Gasteiger charge is 2.38. The fraction of sp³-hybridized carbons (Fsp3) is 0.385. The van der Waals surface area contributed by atoms with Crippen molar-refractivity contribution < 1.29 is 23.1 Å². The summed E-state index contributed by atoms with van der Waals surface area (Å²) in [4.78, 5) is 16.2. The van der Waals surface area contributed by atoms with Gasteiger partial charge in [0.15, 0.2) is 0 Å². The van der Waals surface area contributed by atoms with Crippen LogP contribution in [0.3, 0.4) is 0 Å². The van der Waals surface area contributed by atoms with Gasteiger partial charge < -0.3 is 25.6 Å². The molecule has 10 heteroatoms. The van der Waals surface area contributed by atoms with Crippen LogP contribution < -0.4 is 16.0 Å². The molecule has 1 aromatic heterocycles. The third-order valence-electron chi connectivity index (χ3n) is 5.73. The van der Waals surface area contributed by atoms with E-state index < -0.39 is 12.1 Å². The van der Waals surface area contributed by atoms with Crippen LogP contribution in [-0.4, -0.2) is 45.9 Å². The van der Waals surface area contributed by atoms with Gasteiger partial charge in [-0.1, -0.05) is 42.0 Å². The number of fused-ring (bicyclic) bond motifs is 1. The number of rotatable bonds is 6. The molecule has 0 radical (unpaired) electrons. The summed E-state index contributed by atoms with van der Waals surface area (Å²) in [5, 5.41) is 10.7. The van der Waals surface area contributed by atoms with Gasteiger partial charge in [0.1, 0.15) is 0 Å². The van der Waals surface area contributed by atoms with E-state index in [0.717, 1.165) is 61.7 Å². The van der Waals surface area contributed by atoms with E-state index >= 15 is 0 Å². The smallest absolute Gasteiger partial charge is 0.475 e. The Balaban J connectivity index is 0.000000454. The molecule has 1 saturated heterocycles. The lowest BCUT2D eigenvalue weighted by Crippen LogP contribution is -2.43. The van der Waals surface area contributed by atoms with E-state index in [-0.39, 0.29) is 6.04 Å². The number of nitrogens with two attached hydrogens (primary N) is 1. The fourth-order valence-corrected chi connectivity index (χ4v) is 3.91. The molecule has 0 aliphatic carbocycles. The van der Waals surface area contributed by atoms with E-state index in [2.05, 4.69) is 77.2 Å². The van der Waals surface area contributed by atoms with Gasteiger partial charge in [-0.2, -0.15) is 13.2 Å². The lowest BCUT2D eigenvalue weighted by Gasteiger charge is -2.31. The molecule has 1 atom stereocenters. The molecule has 3 aromatic rings. The van der Waals surface area contributed by atoms with Crippen molar-refractivity contribution in [3.63, 3.8) is 0 Å². The molecule has 4 N–H and O–H groups in total. The first-order chi connectivity index (χ1) is 17.0. The second-order valence-electron chi connectivity index (χ2n) is 9.00. The molecule has 7 nitrogen and oxygen atoms in total. The number of hydrogen-bond donors (Lipinski definition) is 3. The minimum absolute atomic E-state index is 0.226. The Morgan fingerprint density at radius 3 is 2.53 bits per heavy atom. The Morgan fingerprint density at radius 1 is 1.22 bits per heavy atom. The van der Waals surface area contributed by atoms with Gasteiger partial charge in [0, 0.05) is 37.9 Å². The highest BCUT2D eigenvalue weighted by Crippen LogP contribution is 2.28. The van der Waals surface area contributed by atoms with Crippen molar-refractivity contribution in [1.29, 1.82) is 0 Å². The molecule has 1 aliphatic heterocycles. The van der Waals surface area contributed by atoms with Crippen LogP contribution in [0.2, 0.25) is 0 Å². The normalized spacial score (nSPS) is 15.7. The number of imidazole rings is 1. The molecule has 1 fully saturated rings. The van der Waals surface area contributed by atoms with E-state index in [9.17, 15) is 13.2 Å². The summed E-state index contributed by atoms with van der Waals surface area (Å²) in [6.07, 6.45) is -0.603. The van der Waals surface area contributed by atoms with Crippen molar-refractivity contribution in [2.75, 3.05) is 23.3 Å². The number of nitrogens with zero attached hydrogens (tertiary/aromatic N) is 3. The summed E-state index contributed by atoms with van der Waals surface area (Å²) in [5.74, 6) is -1.72. The summed E-state index contributed by atoms with van der Waals surface area (Å²) in [6.45, 7) is 7.80. The van der Waals surface area contributed by atoms with Crippen LogP contribution in [0.25, 0.3) is 11.0 Å². The lowest BCUT2D eigenvalue weighted by atomic mass is 10.1. The minimum atomic E-state index is -5.08. The van der Waals surface area contributed by atoms with Crippen LogP contribution >= 0.6 is 0 Å². The average Bonchev–Trinajstić information content (AvgIpc) is 3.19. The Kier molecular flexibility index (Phi) is 8.98. The predicted molar refractivity (Wildman–Crippen MR) is 136 cm³/mol. The molecule has 2 aromatic carbocycles. The Bertz CT molecular complexity index is 1190. The number of allylic oxidation sites excluding steroid dienone is 2. The van der Waals surface area contributed by atoms with Crippen molar-refractivity contribution in [3.8, 4) is 0 Å². The molecule has 0 bridgehead atoms. The Labute approximate surface area is 208 Å². The number of anilines is 2. The number of carbonyl (C=O) groups is 1. The van der Waals surface area contributed by atoms with E-state index in [4.69, 9.17) is 20.6 Å². The van der Waals surface area contributed by atoms with Gasteiger partial charge in [-0.05, 0) is 50.5 Å². The van der Waals surface area contributed by atoms with Crippen LogP contribution in [0.15, 0.2) is 60.2 Å². The van der Waals surface area contributed by atoms with Crippen molar-refractivity contribution in [1.82, 2.24) is 9.55 Å². The monoisotopic (exact) mass is 503 g/mol. The summed E-state index contributed by atoms with van der Waals surface area (Å²) in [7, 11) is 0. The second-order valence-corrected chi connectivity index (χ2v) is 9.00. The fourth-order valence-electron chi connectivity index (χ4n) is 3.91. The number of nitrogens with one attached hydrogen (secondary N) is 1. The number of benzene rings is 2. The SMILES string of the molecule is CC(C)=CCn1c(N2CCC[C@@H](N)C2)nc2ccc(NCc3ccccc3)cc21.O=C(O)C(F)(F)F. The molecule has 2 heterocycles. The van der Waals surface area contributed by atoms with Crippen LogP contribution in [0.5, 0.6) is 0 Å². The standard InChI is InChI=1S/C24H31N5.C2HF3O2/c1-18(2)12-14-29-23-15-21(26-16-19-7-4-3-5-8-19)10-11-22(23)27-24(29)28-13-6-9-20(25)17-28;3-2(4,5)1(6)7/h3-5,7-8,10-12,15,20,26H,6,9,13-14,16-17,25H2,1-2H3;(H,6,7)/t20-;/m1./s1. The molecule has 0 unspecified atom stereocenters. The molecule has 1 aliphatic rings. The molecular formula is C26H32F3N5O2. The number of carboxylic acid groups (broad SMARTS) is 1. The first-order valence-electron chi connectivity index (χ1n) is 11.8. The zero-order valence-corrected chi connectivity index (χ0v) is 20.4. The van der Waals surface area contributed by atoms with Gasteiger partial charge in [0.2, 0.25) is 5.95 Å². The Hall–Kier alpha value is -3.53. The lowest BCUT2D eigenvalue weighted by molar-refractivity contribution is -0.192. The minimum Gasteiger partial charge on any atom is -0.475 e. The third kappa shape index (κ3) is 7.48. The molecule has 0 saturated carbocycles. The first-order valence-corrected chi connectivity index (χ1v) is 11.8. The number of halogens is 3. The van der Waals surface area contributed by atoms with E-state index in [1.165, 1.54) is 11.1 Å².